The summed E-state index contributed by atoms with van der Waals surface area (Å²) in [5.74, 6) is 1.61. The number of rotatable bonds is 14. The van der Waals surface area contributed by atoms with E-state index in [0.717, 1.165) is 51.7 Å². The molecule has 0 fully saturated rings. The first-order chi connectivity index (χ1) is 12.0. The Kier molecular flexibility index (Phi) is 14.9. The van der Waals surface area contributed by atoms with Gasteiger partial charge >= 0.3 is 0 Å². The van der Waals surface area contributed by atoms with Gasteiger partial charge in [-0.05, 0) is 40.4 Å². The minimum absolute atomic E-state index is 0.488. The normalized spacial score (nSPS) is 13.8. The lowest BCUT2D eigenvalue weighted by Crippen LogP contribution is -2.43. The Hall–Kier alpha value is -0.850. The Labute approximate surface area is 156 Å². The van der Waals surface area contributed by atoms with E-state index in [4.69, 9.17) is 9.73 Å². The van der Waals surface area contributed by atoms with Gasteiger partial charge < -0.3 is 25.2 Å². The molecule has 1 atom stereocenters. The molecule has 0 spiro atoms. The number of nitrogens with one attached hydrogen (secondary N) is 2. The van der Waals surface area contributed by atoms with Gasteiger partial charge in [0.15, 0.2) is 5.96 Å². The van der Waals surface area contributed by atoms with E-state index in [2.05, 4.69) is 62.3 Å². The van der Waals surface area contributed by atoms with Crippen molar-refractivity contribution >= 4 is 5.96 Å². The second-order valence-corrected chi connectivity index (χ2v) is 6.90. The molecule has 0 saturated heterocycles. The van der Waals surface area contributed by atoms with Crippen LogP contribution < -0.4 is 10.6 Å². The molecule has 0 heterocycles. The maximum Gasteiger partial charge on any atom is 0.191 e. The molecule has 0 rings (SSSR count). The molecular weight excluding hydrogens is 314 g/mol. The highest BCUT2D eigenvalue weighted by molar-refractivity contribution is 5.79. The Morgan fingerprint density at radius 1 is 1.04 bits per heavy atom. The largest absolute Gasteiger partial charge is 0.385 e. The molecule has 0 bridgehead atoms. The van der Waals surface area contributed by atoms with Gasteiger partial charge in [0.1, 0.15) is 0 Å². The Morgan fingerprint density at radius 2 is 1.72 bits per heavy atom. The van der Waals surface area contributed by atoms with Crippen molar-refractivity contribution in [1.82, 2.24) is 20.4 Å². The first kappa shape index (κ1) is 24.1. The summed E-state index contributed by atoms with van der Waals surface area (Å²) in [7, 11) is 8.22. The molecule has 0 radical (unpaired) electrons. The van der Waals surface area contributed by atoms with Crippen LogP contribution in [0.15, 0.2) is 4.99 Å². The number of nitrogens with zero attached hydrogens (tertiary/aromatic N) is 3. The molecule has 0 aromatic heterocycles. The van der Waals surface area contributed by atoms with Crippen LogP contribution in [0.5, 0.6) is 0 Å². The molecule has 0 aliphatic carbocycles. The van der Waals surface area contributed by atoms with Crippen LogP contribution in [0.2, 0.25) is 0 Å². The van der Waals surface area contributed by atoms with E-state index in [1.54, 1.807) is 7.11 Å². The lowest BCUT2D eigenvalue weighted by atomic mass is 9.93. The van der Waals surface area contributed by atoms with Crippen molar-refractivity contribution < 1.29 is 4.74 Å². The van der Waals surface area contributed by atoms with E-state index >= 15 is 0 Å². The quantitative estimate of drug-likeness (QED) is 0.282. The molecule has 0 aromatic rings. The second kappa shape index (κ2) is 15.4. The summed E-state index contributed by atoms with van der Waals surface area (Å²) in [5, 5.41) is 6.82. The molecule has 0 aromatic carbocycles. The number of likely N-dealkylation sites (N-methyl/N-ethyl adjacent to an activating group) is 2. The van der Waals surface area contributed by atoms with Crippen molar-refractivity contribution in [2.24, 2.45) is 10.9 Å². The molecule has 0 saturated carbocycles. The van der Waals surface area contributed by atoms with E-state index < -0.39 is 0 Å². The smallest absolute Gasteiger partial charge is 0.191 e. The van der Waals surface area contributed by atoms with Crippen LogP contribution in [0.25, 0.3) is 0 Å². The van der Waals surface area contributed by atoms with E-state index in [1.807, 2.05) is 0 Å². The Bertz CT molecular complexity index is 332. The molecular formula is C19H43N5O. The standard InChI is InChI=1S/C19H43N5O/c1-8-17(9-2)18(23(4)5)16-22-19(20-10-3)21-12-14-24(6)13-11-15-25-7/h17-18H,8-16H2,1-7H3,(H2,20,21,22). The lowest BCUT2D eigenvalue weighted by molar-refractivity contribution is 0.180. The molecule has 2 N–H and O–H groups in total. The average Bonchev–Trinajstić information content (AvgIpc) is 2.58. The van der Waals surface area contributed by atoms with Gasteiger partial charge in [-0.25, -0.2) is 0 Å². The van der Waals surface area contributed by atoms with Crippen molar-refractivity contribution in [3.05, 3.63) is 0 Å². The predicted molar refractivity (Wildman–Crippen MR) is 110 cm³/mol. The second-order valence-electron chi connectivity index (χ2n) is 6.90. The summed E-state index contributed by atoms with van der Waals surface area (Å²) < 4.78 is 5.10. The maximum absolute atomic E-state index is 5.10. The fourth-order valence-corrected chi connectivity index (χ4v) is 3.05. The molecule has 0 aliphatic heterocycles. The Balaban J connectivity index is 4.47. The Morgan fingerprint density at radius 3 is 2.24 bits per heavy atom. The zero-order valence-corrected chi connectivity index (χ0v) is 17.8. The first-order valence-electron chi connectivity index (χ1n) is 9.86. The van der Waals surface area contributed by atoms with Crippen LogP contribution in [-0.2, 0) is 4.74 Å². The minimum atomic E-state index is 0.488. The van der Waals surface area contributed by atoms with Gasteiger partial charge in [0.05, 0.1) is 6.54 Å². The highest BCUT2D eigenvalue weighted by Crippen LogP contribution is 2.17. The highest BCUT2D eigenvalue weighted by Gasteiger charge is 2.20. The molecule has 150 valence electrons. The van der Waals surface area contributed by atoms with Gasteiger partial charge in [0.25, 0.3) is 0 Å². The van der Waals surface area contributed by atoms with Crippen LogP contribution in [0.3, 0.4) is 0 Å². The fourth-order valence-electron chi connectivity index (χ4n) is 3.05. The molecule has 6 nitrogen and oxygen atoms in total. The fraction of sp³-hybridized carbons (Fsp3) is 0.947. The van der Waals surface area contributed by atoms with Gasteiger partial charge in [-0.2, -0.15) is 0 Å². The molecule has 0 amide bonds. The zero-order chi connectivity index (χ0) is 19.1. The summed E-state index contributed by atoms with van der Waals surface area (Å²) in [6, 6.07) is 0.488. The number of guanidine groups is 1. The summed E-state index contributed by atoms with van der Waals surface area (Å²) in [5.41, 5.74) is 0. The van der Waals surface area contributed by atoms with Crippen molar-refractivity contribution in [2.45, 2.75) is 46.1 Å². The van der Waals surface area contributed by atoms with Crippen LogP contribution in [0, 0.1) is 5.92 Å². The van der Waals surface area contributed by atoms with Gasteiger partial charge in [-0.15, -0.1) is 0 Å². The van der Waals surface area contributed by atoms with Crippen molar-refractivity contribution in [1.29, 1.82) is 0 Å². The van der Waals surface area contributed by atoms with Gasteiger partial charge in [-0.3, -0.25) is 4.99 Å². The molecule has 6 heteroatoms. The van der Waals surface area contributed by atoms with E-state index in [9.17, 15) is 0 Å². The number of methoxy groups -OCH3 is 1. The molecule has 25 heavy (non-hydrogen) atoms. The third-order valence-electron chi connectivity index (χ3n) is 4.71. The van der Waals surface area contributed by atoms with E-state index in [1.165, 1.54) is 12.8 Å². The predicted octanol–water partition coefficient (Wildman–Crippen LogP) is 1.88. The highest BCUT2D eigenvalue weighted by atomic mass is 16.5. The van der Waals surface area contributed by atoms with Gasteiger partial charge in [-0.1, -0.05) is 26.7 Å². The summed E-state index contributed by atoms with van der Waals surface area (Å²) in [6.45, 7) is 12.1. The summed E-state index contributed by atoms with van der Waals surface area (Å²) in [6.07, 6.45) is 3.47. The van der Waals surface area contributed by atoms with Crippen molar-refractivity contribution in [3.63, 3.8) is 0 Å². The van der Waals surface area contributed by atoms with Crippen LogP contribution in [0.1, 0.15) is 40.0 Å². The third kappa shape index (κ3) is 11.4. The number of aliphatic imine (C=N–C) groups is 1. The van der Waals surface area contributed by atoms with Crippen LogP contribution in [0.4, 0.5) is 0 Å². The molecule has 0 aliphatic rings. The third-order valence-corrected chi connectivity index (χ3v) is 4.71. The van der Waals surface area contributed by atoms with E-state index in [0.29, 0.717) is 12.0 Å². The monoisotopic (exact) mass is 357 g/mol. The number of hydrogen-bond donors (Lipinski definition) is 2. The SMILES string of the molecule is CCNC(=NCC(C(CC)CC)N(C)C)NCCN(C)CCCOC. The van der Waals surface area contributed by atoms with Gasteiger partial charge in [0.2, 0.25) is 0 Å². The number of hydrogen-bond acceptors (Lipinski definition) is 4. The first-order valence-corrected chi connectivity index (χ1v) is 9.86. The van der Waals surface area contributed by atoms with Crippen molar-refractivity contribution in [2.75, 3.05) is 67.6 Å². The zero-order valence-electron chi connectivity index (χ0n) is 17.8. The lowest BCUT2D eigenvalue weighted by Gasteiger charge is -2.30. The van der Waals surface area contributed by atoms with E-state index in [-0.39, 0.29) is 0 Å². The van der Waals surface area contributed by atoms with Crippen molar-refractivity contribution in [3.8, 4) is 0 Å². The van der Waals surface area contributed by atoms with Crippen LogP contribution >= 0.6 is 0 Å². The van der Waals surface area contributed by atoms with Crippen LogP contribution in [-0.4, -0.2) is 89.4 Å². The minimum Gasteiger partial charge on any atom is -0.385 e. The van der Waals surface area contributed by atoms with Gasteiger partial charge in [0, 0.05) is 45.9 Å². The maximum atomic E-state index is 5.10. The molecule has 1 unspecified atom stereocenters. The summed E-state index contributed by atoms with van der Waals surface area (Å²) in [4.78, 5) is 9.47. The summed E-state index contributed by atoms with van der Waals surface area (Å²) >= 11 is 0. The topological polar surface area (TPSA) is 52.1 Å². The average molecular weight is 358 g/mol. The number of ether oxygens (including phenoxy) is 1.